The fraction of sp³-hybridized carbons (Fsp3) is 0.636. The molecule has 0 radical (unpaired) electrons. The Morgan fingerprint density at radius 2 is 2.06 bits per heavy atom. The number of aliphatic imine (C=N–C) groups is 1. The molecule has 5 heteroatoms. The van der Waals surface area contributed by atoms with Gasteiger partial charge in [0.2, 0.25) is 0 Å². The minimum Gasteiger partial charge on any atom is -0.480 e. The lowest BCUT2D eigenvalue weighted by molar-refractivity contribution is -0.142. The van der Waals surface area contributed by atoms with Gasteiger partial charge in [0.25, 0.3) is 0 Å². The van der Waals surface area contributed by atoms with Crippen LogP contribution in [0.15, 0.2) is 16.6 Å². The molecule has 0 saturated carbocycles. The number of amidine groups is 1. The van der Waals surface area contributed by atoms with Crippen molar-refractivity contribution in [2.75, 3.05) is 6.54 Å². The van der Waals surface area contributed by atoms with E-state index in [1.165, 1.54) is 6.92 Å². The number of carboxylic acid groups (broad SMARTS) is 1. The number of carbonyl (C=O) groups is 1. The normalized spacial score (nSPS) is 17.0. The molecule has 0 aromatic rings. The molecule has 92 valence electrons. The standard InChI is InChI=1S/C11H21N3O2/c1-8(5-7-14-9(2)12)4-6-11(3,13)10(15)16/h4H,5-7,13H2,1-3H3,(H2,12,14)(H,15,16)/b8-4-/t11-/m0/s1. The molecule has 1 atom stereocenters. The summed E-state index contributed by atoms with van der Waals surface area (Å²) in [4.78, 5) is 14.8. The Labute approximate surface area is 96.2 Å². The highest BCUT2D eigenvalue weighted by atomic mass is 16.4. The molecule has 0 aliphatic heterocycles. The van der Waals surface area contributed by atoms with Crippen molar-refractivity contribution in [3.8, 4) is 0 Å². The minimum absolute atomic E-state index is 0.319. The topological polar surface area (TPSA) is 102 Å². The third kappa shape index (κ3) is 6.19. The van der Waals surface area contributed by atoms with Crippen LogP contribution in [0.3, 0.4) is 0 Å². The number of rotatable bonds is 6. The molecule has 0 unspecified atom stereocenters. The summed E-state index contributed by atoms with van der Waals surface area (Å²) in [6, 6.07) is 0. The molecule has 0 aliphatic rings. The Morgan fingerprint density at radius 1 is 1.50 bits per heavy atom. The van der Waals surface area contributed by atoms with E-state index in [2.05, 4.69) is 4.99 Å². The number of nitrogens with zero attached hydrogens (tertiary/aromatic N) is 1. The summed E-state index contributed by atoms with van der Waals surface area (Å²) >= 11 is 0. The van der Waals surface area contributed by atoms with Gasteiger partial charge in [0.1, 0.15) is 5.54 Å². The van der Waals surface area contributed by atoms with E-state index in [0.717, 1.165) is 12.0 Å². The Hall–Kier alpha value is -1.36. The maximum absolute atomic E-state index is 10.7. The van der Waals surface area contributed by atoms with E-state index in [-0.39, 0.29) is 0 Å². The van der Waals surface area contributed by atoms with Crippen LogP contribution < -0.4 is 11.5 Å². The third-order valence-corrected chi connectivity index (χ3v) is 2.23. The molecule has 16 heavy (non-hydrogen) atoms. The van der Waals surface area contributed by atoms with E-state index in [4.69, 9.17) is 16.6 Å². The largest absolute Gasteiger partial charge is 0.480 e. The van der Waals surface area contributed by atoms with Gasteiger partial charge in [-0.25, -0.2) is 0 Å². The second-order valence-electron chi connectivity index (χ2n) is 4.25. The Morgan fingerprint density at radius 3 is 2.50 bits per heavy atom. The van der Waals surface area contributed by atoms with Gasteiger partial charge in [0.05, 0.1) is 5.84 Å². The summed E-state index contributed by atoms with van der Waals surface area (Å²) in [6.45, 7) is 5.79. The predicted molar refractivity (Wildman–Crippen MR) is 65.4 cm³/mol. The summed E-state index contributed by atoms with van der Waals surface area (Å²) in [7, 11) is 0. The van der Waals surface area contributed by atoms with E-state index in [0.29, 0.717) is 18.8 Å². The zero-order chi connectivity index (χ0) is 12.8. The van der Waals surface area contributed by atoms with Crippen molar-refractivity contribution in [2.45, 2.75) is 39.2 Å². The molecule has 0 rings (SSSR count). The highest BCUT2D eigenvalue weighted by molar-refractivity contribution is 5.78. The lowest BCUT2D eigenvalue weighted by Gasteiger charge is -2.16. The summed E-state index contributed by atoms with van der Waals surface area (Å²) in [6.07, 6.45) is 2.93. The van der Waals surface area contributed by atoms with Crippen LogP contribution in [-0.2, 0) is 4.79 Å². The Balaban J connectivity index is 4.15. The number of carboxylic acids is 1. The second kappa shape index (κ2) is 6.27. The summed E-state index contributed by atoms with van der Waals surface area (Å²) in [5.41, 5.74) is 10.9. The molecule has 0 aromatic heterocycles. The molecular formula is C11H21N3O2. The van der Waals surface area contributed by atoms with Gasteiger partial charge >= 0.3 is 5.97 Å². The lowest BCUT2D eigenvalue weighted by atomic mass is 9.97. The molecule has 0 aliphatic carbocycles. The number of nitrogens with two attached hydrogens (primary N) is 2. The Kier molecular flexibility index (Phi) is 5.74. The minimum atomic E-state index is -1.20. The first-order chi connectivity index (χ1) is 7.25. The average Bonchev–Trinajstić information content (AvgIpc) is 2.14. The first-order valence-electron chi connectivity index (χ1n) is 5.20. The van der Waals surface area contributed by atoms with Crippen molar-refractivity contribution in [3.05, 3.63) is 11.6 Å². The fourth-order valence-corrected chi connectivity index (χ4v) is 0.984. The van der Waals surface area contributed by atoms with Crippen LogP contribution in [0.25, 0.3) is 0 Å². The molecule has 0 fully saturated rings. The molecule has 0 saturated heterocycles. The predicted octanol–water partition coefficient (Wildman–Crippen LogP) is 0.892. The maximum atomic E-state index is 10.7. The quantitative estimate of drug-likeness (QED) is 0.356. The van der Waals surface area contributed by atoms with Gasteiger partial charge < -0.3 is 16.6 Å². The monoisotopic (exact) mass is 227 g/mol. The smallest absolute Gasteiger partial charge is 0.323 e. The van der Waals surface area contributed by atoms with Crippen LogP contribution in [0.2, 0.25) is 0 Å². The zero-order valence-corrected chi connectivity index (χ0v) is 10.2. The van der Waals surface area contributed by atoms with Crippen molar-refractivity contribution >= 4 is 11.8 Å². The number of aliphatic carboxylic acids is 1. The van der Waals surface area contributed by atoms with Crippen LogP contribution >= 0.6 is 0 Å². The van der Waals surface area contributed by atoms with E-state index in [9.17, 15) is 4.79 Å². The van der Waals surface area contributed by atoms with Crippen LogP contribution in [0.4, 0.5) is 0 Å². The average molecular weight is 227 g/mol. The van der Waals surface area contributed by atoms with Crippen molar-refractivity contribution < 1.29 is 9.90 Å². The van der Waals surface area contributed by atoms with Crippen molar-refractivity contribution in [1.29, 1.82) is 0 Å². The Bertz CT molecular complexity index is 302. The van der Waals surface area contributed by atoms with Crippen molar-refractivity contribution in [3.63, 3.8) is 0 Å². The van der Waals surface area contributed by atoms with Crippen LogP contribution in [0.1, 0.15) is 33.6 Å². The molecule has 0 heterocycles. The van der Waals surface area contributed by atoms with Crippen LogP contribution in [-0.4, -0.2) is 29.0 Å². The van der Waals surface area contributed by atoms with Crippen LogP contribution in [0, 0.1) is 0 Å². The summed E-state index contributed by atoms with van der Waals surface area (Å²) in [5.74, 6) is -0.436. The van der Waals surface area contributed by atoms with Crippen molar-refractivity contribution in [2.24, 2.45) is 16.5 Å². The number of hydrogen-bond acceptors (Lipinski definition) is 3. The lowest BCUT2D eigenvalue weighted by Crippen LogP contribution is -2.44. The van der Waals surface area contributed by atoms with Crippen molar-refractivity contribution in [1.82, 2.24) is 0 Å². The second-order valence-corrected chi connectivity index (χ2v) is 4.25. The van der Waals surface area contributed by atoms with Crippen LogP contribution in [0.5, 0.6) is 0 Å². The zero-order valence-electron chi connectivity index (χ0n) is 10.2. The van der Waals surface area contributed by atoms with Gasteiger partial charge in [-0.2, -0.15) is 0 Å². The highest BCUT2D eigenvalue weighted by Crippen LogP contribution is 2.10. The molecule has 0 bridgehead atoms. The molecule has 0 aromatic carbocycles. The van der Waals surface area contributed by atoms with E-state index >= 15 is 0 Å². The highest BCUT2D eigenvalue weighted by Gasteiger charge is 2.25. The molecule has 5 nitrogen and oxygen atoms in total. The summed E-state index contributed by atoms with van der Waals surface area (Å²) in [5, 5.41) is 8.81. The van der Waals surface area contributed by atoms with E-state index in [1.807, 2.05) is 13.0 Å². The first-order valence-corrected chi connectivity index (χ1v) is 5.20. The van der Waals surface area contributed by atoms with E-state index in [1.54, 1.807) is 6.92 Å². The first kappa shape index (κ1) is 14.6. The van der Waals surface area contributed by atoms with E-state index < -0.39 is 11.5 Å². The van der Waals surface area contributed by atoms with Gasteiger partial charge in [0.15, 0.2) is 0 Å². The van der Waals surface area contributed by atoms with Gasteiger partial charge in [-0.15, -0.1) is 0 Å². The molecule has 0 amide bonds. The summed E-state index contributed by atoms with van der Waals surface area (Å²) < 4.78 is 0. The van der Waals surface area contributed by atoms with Gasteiger partial charge in [0, 0.05) is 6.54 Å². The fourth-order valence-electron chi connectivity index (χ4n) is 0.984. The number of hydrogen-bond donors (Lipinski definition) is 3. The SMILES string of the molecule is CC(N)=NCC/C(C)=C\C[C@](C)(N)C(=O)O. The maximum Gasteiger partial charge on any atom is 0.323 e. The van der Waals surface area contributed by atoms with Gasteiger partial charge in [-0.05, 0) is 33.6 Å². The molecule has 0 spiro atoms. The molecular weight excluding hydrogens is 206 g/mol. The van der Waals surface area contributed by atoms with Gasteiger partial charge in [-0.3, -0.25) is 9.79 Å². The third-order valence-electron chi connectivity index (χ3n) is 2.23. The molecule has 5 N–H and O–H groups in total. The van der Waals surface area contributed by atoms with Gasteiger partial charge in [-0.1, -0.05) is 11.6 Å².